The number of nitrogens with zero attached hydrogens (tertiary/aromatic N) is 4. The third-order valence-corrected chi connectivity index (χ3v) is 3.39. The minimum atomic E-state index is -0.386. The Labute approximate surface area is 137 Å². The molecule has 0 atom stereocenters. The second kappa shape index (κ2) is 6.37. The lowest BCUT2D eigenvalue weighted by Gasteiger charge is -2.09. The summed E-state index contributed by atoms with van der Waals surface area (Å²) in [7, 11) is 3.03. The number of nitrogens with two attached hydrogens (primary N) is 1. The molecular formula is C16H15N5O3. The molecule has 8 nitrogen and oxygen atoms in total. The number of hydrogen-bond donors (Lipinski definition) is 1. The number of carbonyl (C=O) groups is 1. The highest BCUT2D eigenvalue weighted by Crippen LogP contribution is 2.28. The average Bonchev–Trinajstić information content (AvgIpc) is 3.03. The Bertz CT molecular complexity index is 877. The fourth-order valence-electron chi connectivity index (χ4n) is 2.21. The quantitative estimate of drug-likeness (QED) is 0.777. The molecular weight excluding hydrogens is 310 g/mol. The third-order valence-electron chi connectivity index (χ3n) is 3.39. The highest BCUT2D eigenvalue weighted by atomic mass is 16.5. The van der Waals surface area contributed by atoms with Gasteiger partial charge in [0, 0.05) is 24.0 Å². The molecule has 0 bridgehead atoms. The molecule has 2 aromatic heterocycles. The predicted octanol–water partition coefficient (Wildman–Crippen LogP) is 1.63. The SMILES string of the molecule is COc1ccc(C(=O)n2nc(-c3cnccn3)cc2N)cc1OC. The summed E-state index contributed by atoms with van der Waals surface area (Å²) < 4.78 is 11.5. The van der Waals surface area contributed by atoms with Crippen LogP contribution in [-0.2, 0) is 0 Å². The zero-order valence-corrected chi connectivity index (χ0v) is 13.1. The van der Waals surface area contributed by atoms with Crippen LogP contribution in [0.25, 0.3) is 11.4 Å². The second-order valence-corrected chi connectivity index (χ2v) is 4.83. The van der Waals surface area contributed by atoms with Crippen LogP contribution in [0.5, 0.6) is 11.5 Å². The minimum absolute atomic E-state index is 0.204. The molecule has 0 aliphatic rings. The molecule has 2 N–H and O–H groups in total. The molecule has 0 fully saturated rings. The lowest BCUT2D eigenvalue weighted by Crippen LogP contribution is -2.16. The Balaban J connectivity index is 1.98. The molecule has 24 heavy (non-hydrogen) atoms. The smallest absolute Gasteiger partial charge is 0.280 e. The van der Waals surface area contributed by atoms with E-state index in [1.165, 1.54) is 14.2 Å². The summed E-state index contributed by atoms with van der Waals surface area (Å²) in [5.41, 5.74) is 7.29. The Kier molecular flexibility index (Phi) is 4.11. The first kappa shape index (κ1) is 15.5. The fraction of sp³-hybridized carbons (Fsp3) is 0.125. The highest BCUT2D eigenvalue weighted by molar-refractivity contribution is 5.98. The Morgan fingerprint density at radius 3 is 2.54 bits per heavy atom. The number of aromatic nitrogens is 4. The molecule has 1 aromatic carbocycles. The van der Waals surface area contributed by atoms with Gasteiger partial charge in [0.15, 0.2) is 11.5 Å². The number of nitrogen functional groups attached to an aromatic ring is 1. The van der Waals surface area contributed by atoms with Gasteiger partial charge >= 0.3 is 0 Å². The zero-order valence-electron chi connectivity index (χ0n) is 13.1. The molecule has 3 rings (SSSR count). The van der Waals surface area contributed by atoms with Crippen molar-refractivity contribution < 1.29 is 14.3 Å². The Morgan fingerprint density at radius 2 is 1.88 bits per heavy atom. The molecule has 0 amide bonds. The molecule has 0 unspecified atom stereocenters. The average molecular weight is 325 g/mol. The van der Waals surface area contributed by atoms with Gasteiger partial charge in [-0.25, -0.2) is 0 Å². The molecule has 0 aliphatic heterocycles. The summed E-state index contributed by atoms with van der Waals surface area (Å²) in [4.78, 5) is 20.8. The molecule has 122 valence electrons. The summed E-state index contributed by atoms with van der Waals surface area (Å²) in [6, 6.07) is 6.41. The number of anilines is 1. The maximum atomic E-state index is 12.7. The van der Waals surface area contributed by atoms with Crippen LogP contribution in [0, 0.1) is 0 Å². The van der Waals surface area contributed by atoms with E-state index in [0.717, 1.165) is 4.68 Å². The van der Waals surface area contributed by atoms with E-state index in [0.29, 0.717) is 28.5 Å². The summed E-state index contributed by atoms with van der Waals surface area (Å²) in [5.74, 6) is 0.796. The zero-order chi connectivity index (χ0) is 17.1. The van der Waals surface area contributed by atoms with Crippen molar-refractivity contribution in [1.29, 1.82) is 0 Å². The topological polar surface area (TPSA) is 105 Å². The summed E-state index contributed by atoms with van der Waals surface area (Å²) in [5, 5.41) is 4.22. The van der Waals surface area contributed by atoms with E-state index in [1.54, 1.807) is 42.9 Å². The van der Waals surface area contributed by atoms with Crippen LogP contribution in [0.1, 0.15) is 10.4 Å². The van der Waals surface area contributed by atoms with Crippen LogP contribution in [0.4, 0.5) is 5.82 Å². The molecule has 0 aliphatic carbocycles. The van der Waals surface area contributed by atoms with Crippen molar-refractivity contribution in [1.82, 2.24) is 19.7 Å². The molecule has 3 aromatic rings. The molecule has 0 spiro atoms. The van der Waals surface area contributed by atoms with E-state index in [2.05, 4.69) is 15.1 Å². The number of methoxy groups -OCH3 is 2. The highest BCUT2D eigenvalue weighted by Gasteiger charge is 2.17. The van der Waals surface area contributed by atoms with Gasteiger partial charge in [0.1, 0.15) is 17.2 Å². The van der Waals surface area contributed by atoms with E-state index in [4.69, 9.17) is 15.2 Å². The van der Waals surface area contributed by atoms with Gasteiger partial charge in [0.2, 0.25) is 0 Å². The van der Waals surface area contributed by atoms with Crippen LogP contribution in [-0.4, -0.2) is 39.9 Å². The lowest BCUT2D eigenvalue weighted by molar-refractivity contribution is 0.0948. The first-order valence-corrected chi connectivity index (χ1v) is 7.02. The number of rotatable bonds is 4. The van der Waals surface area contributed by atoms with Crippen molar-refractivity contribution in [3.05, 3.63) is 48.4 Å². The van der Waals surface area contributed by atoms with Crippen molar-refractivity contribution in [3.63, 3.8) is 0 Å². The number of hydrogen-bond acceptors (Lipinski definition) is 7. The van der Waals surface area contributed by atoms with E-state index < -0.39 is 0 Å². The minimum Gasteiger partial charge on any atom is -0.493 e. The van der Waals surface area contributed by atoms with Crippen LogP contribution >= 0.6 is 0 Å². The monoisotopic (exact) mass is 325 g/mol. The van der Waals surface area contributed by atoms with E-state index in [-0.39, 0.29) is 11.7 Å². The standard InChI is InChI=1S/C16H15N5O3/c1-23-13-4-3-10(7-14(13)24-2)16(22)21-15(17)8-11(20-21)12-9-18-5-6-19-12/h3-9H,17H2,1-2H3. The van der Waals surface area contributed by atoms with Crippen LogP contribution < -0.4 is 15.2 Å². The largest absolute Gasteiger partial charge is 0.493 e. The lowest BCUT2D eigenvalue weighted by atomic mass is 10.2. The van der Waals surface area contributed by atoms with Gasteiger partial charge in [0.25, 0.3) is 5.91 Å². The van der Waals surface area contributed by atoms with Gasteiger partial charge in [-0.3, -0.25) is 14.8 Å². The summed E-state index contributed by atoms with van der Waals surface area (Å²) >= 11 is 0. The van der Waals surface area contributed by atoms with Gasteiger partial charge < -0.3 is 15.2 Å². The van der Waals surface area contributed by atoms with E-state index >= 15 is 0 Å². The van der Waals surface area contributed by atoms with Crippen LogP contribution in [0.15, 0.2) is 42.9 Å². The first-order chi connectivity index (χ1) is 11.6. The van der Waals surface area contributed by atoms with E-state index in [1.807, 2.05) is 0 Å². The Hall–Kier alpha value is -3.42. The first-order valence-electron chi connectivity index (χ1n) is 7.02. The number of carbonyl (C=O) groups excluding carboxylic acids is 1. The van der Waals surface area contributed by atoms with Crippen molar-refractivity contribution in [2.45, 2.75) is 0 Å². The molecule has 8 heteroatoms. The normalized spacial score (nSPS) is 10.4. The fourth-order valence-corrected chi connectivity index (χ4v) is 2.21. The van der Waals surface area contributed by atoms with Crippen molar-refractivity contribution in [2.75, 3.05) is 20.0 Å². The second-order valence-electron chi connectivity index (χ2n) is 4.83. The van der Waals surface area contributed by atoms with Gasteiger partial charge in [-0.1, -0.05) is 0 Å². The maximum absolute atomic E-state index is 12.7. The van der Waals surface area contributed by atoms with E-state index in [9.17, 15) is 4.79 Å². The molecule has 0 saturated heterocycles. The van der Waals surface area contributed by atoms with Gasteiger partial charge in [0.05, 0.1) is 20.4 Å². The van der Waals surface area contributed by atoms with Crippen LogP contribution in [0.3, 0.4) is 0 Å². The van der Waals surface area contributed by atoms with Crippen molar-refractivity contribution in [3.8, 4) is 22.9 Å². The van der Waals surface area contributed by atoms with Crippen LogP contribution in [0.2, 0.25) is 0 Å². The molecule has 0 radical (unpaired) electrons. The van der Waals surface area contributed by atoms with Crippen molar-refractivity contribution in [2.24, 2.45) is 0 Å². The predicted molar refractivity (Wildman–Crippen MR) is 86.9 cm³/mol. The molecule has 0 saturated carbocycles. The third kappa shape index (κ3) is 2.76. The van der Waals surface area contributed by atoms with Crippen molar-refractivity contribution >= 4 is 11.7 Å². The number of ether oxygens (including phenoxy) is 2. The molecule has 2 heterocycles. The Morgan fingerprint density at radius 1 is 1.08 bits per heavy atom. The van der Waals surface area contributed by atoms with Gasteiger partial charge in [-0.05, 0) is 18.2 Å². The van der Waals surface area contributed by atoms with Gasteiger partial charge in [-0.2, -0.15) is 9.78 Å². The maximum Gasteiger partial charge on any atom is 0.280 e. The summed E-state index contributed by atoms with van der Waals surface area (Å²) in [6.45, 7) is 0. The number of benzene rings is 1. The summed E-state index contributed by atoms with van der Waals surface area (Å²) in [6.07, 6.45) is 4.65. The van der Waals surface area contributed by atoms with Gasteiger partial charge in [-0.15, -0.1) is 0 Å².